The fourth-order valence-corrected chi connectivity index (χ4v) is 4.80. The molecule has 0 bridgehead atoms. The van der Waals surface area contributed by atoms with Crippen molar-refractivity contribution in [3.63, 3.8) is 0 Å². The van der Waals surface area contributed by atoms with Gasteiger partial charge in [-0.15, -0.1) is 0 Å². The van der Waals surface area contributed by atoms with Crippen molar-refractivity contribution in [3.8, 4) is 0 Å². The average molecular weight is 421 g/mol. The number of unbranched alkanes of at least 4 members (excludes halogenated alkanes) is 3. The van der Waals surface area contributed by atoms with Gasteiger partial charge in [-0.05, 0) is 36.8 Å². The van der Waals surface area contributed by atoms with Crippen LogP contribution in [0, 0.1) is 11.8 Å². The van der Waals surface area contributed by atoms with E-state index in [1.165, 1.54) is 29.0 Å². The molecule has 0 radical (unpaired) electrons. The van der Waals surface area contributed by atoms with Crippen LogP contribution < -0.4 is 5.32 Å². The highest BCUT2D eigenvalue weighted by atomic mass is 32.2. The van der Waals surface area contributed by atoms with E-state index < -0.39 is 10.0 Å². The van der Waals surface area contributed by atoms with E-state index in [0.717, 1.165) is 30.9 Å². The van der Waals surface area contributed by atoms with Gasteiger partial charge < -0.3 is 5.32 Å². The van der Waals surface area contributed by atoms with Gasteiger partial charge in [0.2, 0.25) is 15.9 Å². The lowest BCUT2D eigenvalue weighted by molar-refractivity contribution is -0.126. The molecule has 0 aromatic heterocycles. The molecule has 162 valence electrons. The number of hydrogen-bond acceptors (Lipinski definition) is 3. The van der Waals surface area contributed by atoms with E-state index >= 15 is 0 Å². The predicted molar refractivity (Wildman–Crippen MR) is 120 cm³/mol. The summed E-state index contributed by atoms with van der Waals surface area (Å²) in [6.07, 6.45) is 8.71. The highest BCUT2D eigenvalue weighted by Gasteiger charge is 2.29. The Morgan fingerprint density at radius 2 is 1.76 bits per heavy atom. The molecule has 1 amide bonds. The van der Waals surface area contributed by atoms with Gasteiger partial charge in [-0.3, -0.25) is 4.79 Å². The van der Waals surface area contributed by atoms with Gasteiger partial charge >= 0.3 is 0 Å². The van der Waals surface area contributed by atoms with E-state index in [-0.39, 0.29) is 11.8 Å². The molecule has 29 heavy (non-hydrogen) atoms. The van der Waals surface area contributed by atoms with E-state index in [1.54, 1.807) is 6.08 Å². The quantitative estimate of drug-likeness (QED) is 0.539. The number of sulfonamides is 1. The smallest absolute Gasteiger partial charge is 0.236 e. The maximum atomic E-state index is 12.5. The predicted octanol–water partition coefficient (Wildman–Crippen LogP) is 4.42. The van der Waals surface area contributed by atoms with Crippen LogP contribution in [0.1, 0.15) is 64.4 Å². The van der Waals surface area contributed by atoms with E-state index in [1.807, 2.05) is 30.3 Å². The van der Waals surface area contributed by atoms with Crippen molar-refractivity contribution < 1.29 is 13.2 Å². The molecule has 0 atom stereocenters. The summed E-state index contributed by atoms with van der Waals surface area (Å²) < 4.78 is 26.5. The number of nitrogens with zero attached hydrogens (tertiary/aromatic N) is 1. The fourth-order valence-electron chi connectivity index (χ4n) is 3.57. The van der Waals surface area contributed by atoms with Gasteiger partial charge in [0.25, 0.3) is 0 Å². The van der Waals surface area contributed by atoms with E-state index in [9.17, 15) is 13.2 Å². The monoisotopic (exact) mass is 420 g/mol. The summed E-state index contributed by atoms with van der Waals surface area (Å²) in [6, 6.07) is 9.39. The molecule has 1 aliphatic rings. The molecule has 0 aliphatic carbocycles. The minimum atomic E-state index is -3.45. The molecule has 1 aliphatic heterocycles. The lowest BCUT2D eigenvalue weighted by Gasteiger charge is -2.29. The van der Waals surface area contributed by atoms with Gasteiger partial charge in [0.05, 0.1) is 0 Å². The van der Waals surface area contributed by atoms with Crippen LogP contribution in [0.3, 0.4) is 0 Å². The van der Waals surface area contributed by atoms with Crippen LogP contribution in [0.15, 0.2) is 35.7 Å². The molecule has 0 spiro atoms. The van der Waals surface area contributed by atoms with Crippen molar-refractivity contribution in [2.24, 2.45) is 11.8 Å². The molecule has 1 N–H and O–H groups in total. The Morgan fingerprint density at radius 1 is 1.10 bits per heavy atom. The fraction of sp³-hybridized carbons (Fsp3) is 0.609. The summed E-state index contributed by atoms with van der Waals surface area (Å²) in [4.78, 5) is 12.4. The Kier molecular flexibility index (Phi) is 9.88. The van der Waals surface area contributed by atoms with Crippen molar-refractivity contribution in [2.75, 3.05) is 19.6 Å². The molecule has 1 aromatic carbocycles. The van der Waals surface area contributed by atoms with Gasteiger partial charge in [-0.2, -0.15) is 4.31 Å². The first-order chi connectivity index (χ1) is 13.9. The van der Waals surface area contributed by atoms with Crippen LogP contribution in [0.4, 0.5) is 0 Å². The Bertz CT molecular complexity index is 737. The van der Waals surface area contributed by atoms with Crippen molar-refractivity contribution in [1.82, 2.24) is 9.62 Å². The van der Waals surface area contributed by atoms with Gasteiger partial charge in [-0.1, -0.05) is 69.9 Å². The first-order valence-corrected chi connectivity index (χ1v) is 12.4. The van der Waals surface area contributed by atoms with Crippen LogP contribution in [0.25, 0.3) is 6.08 Å². The van der Waals surface area contributed by atoms with Crippen molar-refractivity contribution in [1.29, 1.82) is 0 Å². The van der Waals surface area contributed by atoms with Crippen molar-refractivity contribution >= 4 is 22.0 Å². The van der Waals surface area contributed by atoms with Crippen LogP contribution in [-0.2, 0) is 14.8 Å². The molecule has 1 heterocycles. The molecule has 1 aromatic rings. The van der Waals surface area contributed by atoms with E-state index in [0.29, 0.717) is 25.9 Å². The summed E-state index contributed by atoms with van der Waals surface area (Å²) in [5.41, 5.74) is 0.856. The van der Waals surface area contributed by atoms with E-state index in [2.05, 4.69) is 19.2 Å². The SMILES string of the molecule is CC(C)CCCCCCNC(=O)C1CCN(S(=O)(=O)/C=C/c2ccccc2)CC1. The second-order valence-electron chi connectivity index (χ2n) is 8.32. The van der Waals surface area contributed by atoms with Crippen LogP contribution in [0.2, 0.25) is 0 Å². The lowest BCUT2D eigenvalue weighted by atomic mass is 9.97. The number of nitrogens with one attached hydrogen (secondary N) is 1. The zero-order valence-corrected chi connectivity index (χ0v) is 18.7. The molecule has 0 saturated carbocycles. The molecular formula is C23H36N2O3S. The number of rotatable bonds is 11. The summed E-state index contributed by atoms with van der Waals surface area (Å²) in [7, 11) is -3.45. The molecule has 2 rings (SSSR count). The topological polar surface area (TPSA) is 66.5 Å². The molecule has 6 heteroatoms. The normalized spacial score (nSPS) is 16.5. The summed E-state index contributed by atoms with van der Waals surface area (Å²) in [5.74, 6) is 0.753. The number of benzene rings is 1. The van der Waals surface area contributed by atoms with Crippen molar-refractivity contribution in [3.05, 3.63) is 41.3 Å². The first-order valence-electron chi connectivity index (χ1n) is 10.9. The Balaban J connectivity index is 1.67. The highest BCUT2D eigenvalue weighted by Crippen LogP contribution is 2.21. The van der Waals surface area contributed by atoms with Gasteiger partial charge in [-0.25, -0.2) is 8.42 Å². The summed E-state index contributed by atoms with van der Waals surface area (Å²) in [5, 5.41) is 4.30. The Hall–Kier alpha value is -1.66. The number of carbonyl (C=O) groups is 1. The molecule has 0 unspecified atom stereocenters. The Morgan fingerprint density at radius 3 is 2.41 bits per heavy atom. The second kappa shape index (κ2) is 12.1. The first kappa shape index (κ1) is 23.6. The third kappa shape index (κ3) is 8.70. The zero-order valence-electron chi connectivity index (χ0n) is 17.8. The number of amides is 1. The highest BCUT2D eigenvalue weighted by molar-refractivity contribution is 7.92. The zero-order chi connectivity index (χ0) is 21.1. The minimum Gasteiger partial charge on any atom is -0.356 e. The van der Waals surface area contributed by atoms with Crippen LogP contribution in [-0.4, -0.2) is 38.3 Å². The van der Waals surface area contributed by atoms with Gasteiger partial charge in [0.15, 0.2) is 0 Å². The van der Waals surface area contributed by atoms with Crippen LogP contribution in [0.5, 0.6) is 0 Å². The standard InChI is InChI=1S/C23H36N2O3S/c1-20(2)10-6-3-4-9-16-24-23(26)22-13-17-25(18-14-22)29(27,28)19-15-21-11-7-5-8-12-21/h5,7-8,11-12,15,19-20,22H,3-4,6,9-10,13-14,16-18H2,1-2H3,(H,24,26)/b19-15+. The molecule has 1 saturated heterocycles. The maximum Gasteiger partial charge on any atom is 0.236 e. The van der Waals surface area contributed by atoms with Gasteiger partial charge in [0, 0.05) is 31.0 Å². The third-order valence-electron chi connectivity index (χ3n) is 5.42. The summed E-state index contributed by atoms with van der Waals surface area (Å²) >= 11 is 0. The number of carbonyl (C=O) groups excluding carboxylic acids is 1. The summed E-state index contributed by atoms with van der Waals surface area (Å²) in [6.45, 7) is 6.01. The van der Waals surface area contributed by atoms with E-state index in [4.69, 9.17) is 0 Å². The van der Waals surface area contributed by atoms with Gasteiger partial charge in [0.1, 0.15) is 0 Å². The number of piperidine rings is 1. The largest absolute Gasteiger partial charge is 0.356 e. The third-order valence-corrected chi connectivity index (χ3v) is 6.99. The average Bonchev–Trinajstić information content (AvgIpc) is 2.72. The molecular weight excluding hydrogens is 384 g/mol. The molecule has 5 nitrogen and oxygen atoms in total. The number of hydrogen-bond donors (Lipinski definition) is 1. The molecule has 1 fully saturated rings. The Labute approximate surface area is 176 Å². The maximum absolute atomic E-state index is 12.5. The lowest BCUT2D eigenvalue weighted by Crippen LogP contribution is -2.42. The minimum absolute atomic E-state index is 0.0732. The van der Waals surface area contributed by atoms with Crippen molar-refractivity contribution in [2.45, 2.75) is 58.8 Å². The second-order valence-corrected chi connectivity index (χ2v) is 10.1. The van der Waals surface area contributed by atoms with Crippen LogP contribution >= 0.6 is 0 Å².